The summed E-state index contributed by atoms with van der Waals surface area (Å²) in [4.78, 5) is 12.9. The van der Waals surface area contributed by atoms with Gasteiger partial charge in [-0.15, -0.1) is 10.2 Å². The van der Waals surface area contributed by atoms with E-state index in [1.54, 1.807) is 24.3 Å². The molecule has 0 bridgehead atoms. The van der Waals surface area contributed by atoms with Crippen molar-refractivity contribution < 1.29 is 22.3 Å². The molecule has 0 aliphatic carbocycles. The topological polar surface area (TPSA) is 101 Å². The highest BCUT2D eigenvalue weighted by molar-refractivity contribution is 7.89. The second-order valence-electron chi connectivity index (χ2n) is 7.72. The smallest absolute Gasteiger partial charge is 0.243 e. The van der Waals surface area contributed by atoms with Crippen molar-refractivity contribution in [3.63, 3.8) is 0 Å². The monoisotopic (exact) mass is 490 g/mol. The lowest BCUT2D eigenvalue weighted by atomic mass is 9.97. The summed E-state index contributed by atoms with van der Waals surface area (Å²) in [6, 6.07) is 12.4. The molecule has 0 radical (unpaired) electrons. The van der Waals surface area contributed by atoms with E-state index < -0.39 is 10.0 Å². The van der Waals surface area contributed by atoms with Crippen LogP contribution in [0.15, 0.2) is 53.4 Å². The Morgan fingerprint density at radius 1 is 1.12 bits per heavy atom. The standard InChI is InChI=1S/C22H23FN4O4S2/c1-15-2-8-19(9-3-15)33(29,30)27-12-10-16(11-13-27)21(28)24-22-26-25-20(32-22)14-31-18-6-4-17(23)5-7-18/h2-9,16H,10-14H2,1H3,(H,24,26,28). The molecular formula is C22H23FN4O4S2. The third-order valence-electron chi connectivity index (χ3n) is 5.36. The van der Waals surface area contributed by atoms with Crippen molar-refractivity contribution in [1.29, 1.82) is 0 Å². The summed E-state index contributed by atoms with van der Waals surface area (Å²) < 4.78 is 45.6. The van der Waals surface area contributed by atoms with Gasteiger partial charge in [0.05, 0.1) is 4.90 Å². The first-order chi connectivity index (χ1) is 15.8. The zero-order valence-electron chi connectivity index (χ0n) is 17.9. The molecule has 2 aromatic carbocycles. The molecule has 1 amide bonds. The number of carbonyl (C=O) groups excluding carboxylic acids is 1. The fraction of sp³-hybridized carbons (Fsp3) is 0.318. The maximum absolute atomic E-state index is 13.0. The fourth-order valence-electron chi connectivity index (χ4n) is 3.46. The highest BCUT2D eigenvalue weighted by Crippen LogP contribution is 2.26. The summed E-state index contributed by atoms with van der Waals surface area (Å²) in [5.41, 5.74) is 0.992. The summed E-state index contributed by atoms with van der Waals surface area (Å²) >= 11 is 1.19. The Morgan fingerprint density at radius 2 is 1.79 bits per heavy atom. The van der Waals surface area contributed by atoms with Gasteiger partial charge >= 0.3 is 0 Å². The van der Waals surface area contributed by atoms with E-state index in [-0.39, 0.29) is 42.2 Å². The van der Waals surface area contributed by atoms with Gasteiger partial charge < -0.3 is 10.1 Å². The second-order valence-corrected chi connectivity index (χ2v) is 10.7. The number of benzene rings is 2. The van der Waals surface area contributed by atoms with Crippen LogP contribution in [0.2, 0.25) is 0 Å². The van der Waals surface area contributed by atoms with Gasteiger partial charge in [-0.3, -0.25) is 4.79 Å². The van der Waals surface area contributed by atoms with Crippen LogP contribution in [0.4, 0.5) is 9.52 Å². The zero-order valence-corrected chi connectivity index (χ0v) is 19.5. The normalized spacial score (nSPS) is 15.3. The molecule has 3 aromatic rings. The molecule has 1 fully saturated rings. The molecule has 1 N–H and O–H groups in total. The number of nitrogens with one attached hydrogen (secondary N) is 1. The molecule has 0 unspecified atom stereocenters. The highest BCUT2D eigenvalue weighted by atomic mass is 32.2. The lowest BCUT2D eigenvalue weighted by Crippen LogP contribution is -2.41. The molecule has 2 heterocycles. The number of hydrogen-bond acceptors (Lipinski definition) is 7. The van der Waals surface area contributed by atoms with E-state index in [0.29, 0.717) is 28.7 Å². The lowest BCUT2D eigenvalue weighted by molar-refractivity contribution is -0.120. The van der Waals surface area contributed by atoms with Gasteiger partial charge in [0.15, 0.2) is 5.01 Å². The van der Waals surface area contributed by atoms with Gasteiger partial charge in [-0.1, -0.05) is 29.0 Å². The lowest BCUT2D eigenvalue weighted by Gasteiger charge is -2.30. The van der Waals surface area contributed by atoms with Gasteiger partial charge in [0.1, 0.15) is 18.2 Å². The maximum atomic E-state index is 13.0. The van der Waals surface area contributed by atoms with Crippen molar-refractivity contribution in [2.45, 2.75) is 31.3 Å². The molecule has 1 aromatic heterocycles. The SMILES string of the molecule is Cc1ccc(S(=O)(=O)N2CCC(C(=O)Nc3nnc(COc4ccc(F)cc4)s3)CC2)cc1. The molecule has 0 spiro atoms. The number of hydrogen-bond donors (Lipinski definition) is 1. The van der Waals surface area contributed by atoms with Crippen molar-refractivity contribution in [1.82, 2.24) is 14.5 Å². The van der Waals surface area contributed by atoms with Crippen molar-refractivity contribution in [3.8, 4) is 5.75 Å². The highest BCUT2D eigenvalue weighted by Gasteiger charge is 2.32. The third-order valence-corrected chi connectivity index (χ3v) is 8.08. The van der Waals surface area contributed by atoms with E-state index in [1.807, 2.05) is 6.92 Å². The Bertz CT molecular complexity index is 1210. The number of anilines is 1. The van der Waals surface area contributed by atoms with Crippen molar-refractivity contribution >= 4 is 32.4 Å². The van der Waals surface area contributed by atoms with Crippen LogP contribution in [0.25, 0.3) is 0 Å². The van der Waals surface area contributed by atoms with Gasteiger partial charge in [0.2, 0.25) is 21.1 Å². The molecule has 11 heteroatoms. The number of ether oxygens (including phenoxy) is 1. The Labute approximate surface area is 195 Å². The molecule has 1 aliphatic heterocycles. The van der Waals surface area contributed by atoms with Crippen LogP contribution in [0.1, 0.15) is 23.4 Å². The molecule has 33 heavy (non-hydrogen) atoms. The molecular weight excluding hydrogens is 467 g/mol. The van der Waals surface area contributed by atoms with Gasteiger partial charge in [0.25, 0.3) is 0 Å². The van der Waals surface area contributed by atoms with Crippen LogP contribution < -0.4 is 10.1 Å². The Balaban J connectivity index is 1.28. The molecule has 8 nitrogen and oxygen atoms in total. The number of rotatable bonds is 7. The van der Waals surface area contributed by atoms with Crippen molar-refractivity contribution in [3.05, 3.63) is 64.9 Å². The first-order valence-corrected chi connectivity index (χ1v) is 12.7. The number of amides is 1. The Kier molecular flexibility index (Phi) is 7.01. The summed E-state index contributed by atoms with van der Waals surface area (Å²) in [6.45, 7) is 2.61. The summed E-state index contributed by atoms with van der Waals surface area (Å²) in [7, 11) is -3.57. The first kappa shape index (κ1) is 23.3. The van der Waals surface area contributed by atoms with E-state index in [2.05, 4.69) is 15.5 Å². The van der Waals surface area contributed by atoms with Gasteiger partial charge in [-0.2, -0.15) is 4.31 Å². The van der Waals surface area contributed by atoms with E-state index in [0.717, 1.165) is 5.56 Å². The van der Waals surface area contributed by atoms with Gasteiger partial charge in [0, 0.05) is 19.0 Å². The molecule has 0 atom stereocenters. The molecule has 174 valence electrons. The number of sulfonamides is 1. The van der Waals surface area contributed by atoms with Crippen LogP contribution in [-0.2, 0) is 21.4 Å². The second kappa shape index (κ2) is 9.94. The predicted molar refractivity (Wildman–Crippen MR) is 122 cm³/mol. The average molecular weight is 491 g/mol. The van der Waals surface area contributed by atoms with Crippen LogP contribution >= 0.6 is 11.3 Å². The minimum atomic E-state index is -3.57. The number of aromatic nitrogens is 2. The van der Waals surface area contributed by atoms with E-state index in [4.69, 9.17) is 4.74 Å². The number of halogens is 1. The van der Waals surface area contributed by atoms with Crippen LogP contribution in [0.3, 0.4) is 0 Å². The summed E-state index contributed by atoms with van der Waals surface area (Å²) in [6.07, 6.45) is 0.854. The summed E-state index contributed by atoms with van der Waals surface area (Å²) in [5.74, 6) is -0.354. The first-order valence-electron chi connectivity index (χ1n) is 10.4. The van der Waals surface area contributed by atoms with E-state index in [1.165, 1.54) is 39.9 Å². The van der Waals surface area contributed by atoms with Crippen LogP contribution in [0.5, 0.6) is 5.75 Å². The summed E-state index contributed by atoms with van der Waals surface area (Å²) in [5, 5.41) is 11.6. The Morgan fingerprint density at radius 3 is 2.45 bits per heavy atom. The number of carbonyl (C=O) groups is 1. The number of nitrogens with zero attached hydrogens (tertiary/aromatic N) is 3. The Hall–Kier alpha value is -2.89. The van der Waals surface area contributed by atoms with Crippen molar-refractivity contribution in [2.24, 2.45) is 5.92 Å². The minimum absolute atomic E-state index is 0.147. The molecule has 1 saturated heterocycles. The molecule has 0 saturated carbocycles. The third kappa shape index (κ3) is 5.73. The number of aryl methyl sites for hydroxylation is 1. The minimum Gasteiger partial charge on any atom is -0.486 e. The van der Waals surface area contributed by atoms with E-state index in [9.17, 15) is 17.6 Å². The van der Waals surface area contributed by atoms with Crippen molar-refractivity contribution in [2.75, 3.05) is 18.4 Å². The van der Waals surface area contributed by atoms with Crippen LogP contribution in [0, 0.1) is 18.7 Å². The largest absolute Gasteiger partial charge is 0.486 e. The number of piperidine rings is 1. The fourth-order valence-corrected chi connectivity index (χ4v) is 5.59. The predicted octanol–water partition coefficient (Wildman–Crippen LogP) is 3.60. The molecule has 4 rings (SSSR count). The maximum Gasteiger partial charge on any atom is 0.243 e. The van der Waals surface area contributed by atoms with Crippen LogP contribution in [-0.4, -0.2) is 41.9 Å². The van der Waals surface area contributed by atoms with Gasteiger partial charge in [-0.25, -0.2) is 12.8 Å². The molecule has 1 aliphatic rings. The van der Waals surface area contributed by atoms with Gasteiger partial charge in [-0.05, 0) is 56.2 Å². The zero-order chi connectivity index (χ0) is 23.4. The quantitative estimate of drug-likeness (QED) is 0.543. The van der Waals surface area contributed by atoms with E-state index >= 15 is 0 Å². The average Bonchev–Trinajstić information content (AvgIpc) is 3.26.